The predicted octanol–water partition coefficient (Wildman–Crippen LogP) is 6.15. The lowest BCUT2D eigenvalue weighted by atomic mass is 9.87. The summed E-state index contributed by atoms with van der Waals surface area (Å²) in [5.74, 6) is 0.102. The van der Waals surface area contributed by atoms with Crippen LogP contribution in [0.3, 0.4) is 0 Å². The maximum atomic E-state index is 12.6. The Bertz CT molecular complexity index is 1200. The number of anilines is 2. The second-order valence-electron chi connectivity index (χ2n) is 9.46. The predicted molar refractivity (Wildman–Crippen MR) is 145 cm³/mol. The summed E-state index contributed by atoms with van der Waals surface area (Å²) < 4.78 is 5.63. The van der Waals surface area contributed by atoms with Gasteiger partial charge in [0.1, 0.15) is 5.75 Å². The highest BCUT2D eigenvalue weighted by Gasteiger charge is 2.14. The van der Waals surface area contributed by atoms with E-state index < -0.39 is 0 Å². The molecule has 0 atom stereocenters. The van der Waals surface area contributed by atoms with Crippen LogP contribution in [0.15, 0.2) is 72.8 Å². The highest BCUT2D eigenvalue weighted by atomic mass is 32.1. The zero-order valence-corrected chi connectivity index (χ0v) is 21.5. The summed E-state index contributed by atoms with van der Waals surface area (Å²) in [4.78, 5) is 25.1. The Hall–Kier alpha value is -3.71. The number of carbonyl (C=O) groups excluding carboxylic acids is 2. The van der Waals surface area contributed by atoms with E-state index in [1.165, 1.54) is 5.56 Å². The van der Waals surface area contributed by atoms with Crippen LogP contribution in [0.1, 0.15) is 60.9 Å². The second kappa shape index (κ2) is 11.1. The average molecular weight is 490 g/mol. The largest absolute Gasteiger partial charge is 0.491 e. The summed E-state index contributed by atoms with van der Waals surface area (Å²) in [5.41, 5.74) is 3.57. The van der Waals surface area contributed by atoms with Crippen LogP contribution in [0.25, 0.3) is 0 Å². The van der Waals surface area contributed by atoms with Crippen LogP contribution in [0, 0.1) is 0 Å². The molecule has 0 spiro atoms. The van der Waals surface area contributed by atoms with E-state index in [0.29, 0.717) is 28.3 Å². The van der Waals surface area contributed by atoms with Crippen LogP contribution in [0.5, 0.6) is 5.75 Å². The third kappa shape index (κ3) is 7.65. The molecule has 35 heavy (non-hydrogen) atoms. The molecule has 0 aliphatic rings. The third-order valence-electron chi connectivity index (χ3n) is 5.11. The summed E-state index contributed by atoms with van der Waals surface area (Å²) in [6.45, 7) is 10.2. The number of ether oxygens (including phenoxy) is 1. The summed E-state index contributed by atoms with van der Waals surface area (Å²) in [5, 5.41) is 8.70. The molecule has 0 unspecified atom stereocenters. The lowest BCUT2D eigenvalue weighted by Gasteiger charge is -2.19. The molecule has 6 nitrogen and oxygen atoms in total. The number of nitrogens with one attached hydrogen (secondary N) is 3. The van der Waals surface area contributed by atoms with Crippen LogP contribution >= 0.6 is 12.2 Å². The normalized spacial score (nSPS) is 11.0. The summed E-state index contributed by atoms with van der Waals surface area (Å²) >= 11 is 5.27. The molecule has 0 fully saturated rings. The Morgan fingerprint density at radius 1 is 0.800 bits per heavy atom. The molecule has 2 amide bonds. The first-order chi connectivity index (χ1) is 16.5. The Morgan fingerprint density at radius 3 is 1.97 bits per heavy atom. The molecule has 0 saturated heterocycles. The van der Waals surface area contributed by atoms with Crippen molar-refractivity contribution >= 4 is 40.5 Å². The summed E-state index contributed by atoms with van der Waals surface area (Å²) in [6, 6.07) is 21.6. The van der Waals surface area contributed by atoms with E-state index in [2.05, 4.69) is 36.7 Å². The van der Waals surface area contributed by atoms with Gasteiger partial charge in [0.15, 0.2) is 5.11 Å². The van der Waals surface area contributed by atoms with Gasteiger partial charge >= 0.3 is 0 Å². The average Bonchev–Trinajstić information content (AvgIpc) is 2.79. The van der Waals surface area contributed by atoms with Crippen molar-refractivity contribution in [2.24, 2.45) is 0 Å². The van der Waals surface area contributed by atoms with E-state index >= 15 is 0 Å². The van der Waals surface area contributed by atoms with Gasteiger partial charge in [0.05, 0.1) is 6.10 Å². The van der Waals surface area contributed by atoms with Gasteiger partial charge in [-0.2, -0.15) is 0 Å². The molecular formula is C28H31N3O3S. The number of hydrogen-bond acceptors (Lipinski definition) is 4. The monoisotopic (exact) mass is 489 g/mol. The molecule has 3 rings (SSSR count). The fourth-order valence-corrected chi connectivity index (χ4v) is 3.49. The Balaban J connectivity index is 1.55. The summed E-state index contributed by atoms with van der Waals surface area (Å²) in [6.07, 6.45) is 0.0119. The van der Waals surface area contributed by atoms with Crippen molar-refractivity contribution in [1.82, 2.24) is 5.32 Å². The van der Waals surface area contributed by atoms with Gasteiger partial charge in [0.2, 0.25) is 0 Å². The minimum atomic E-state index is -0.335. The first kappa shape index (κ1) is 25.9. The van der Waals surface area contributed by atoms with Gasteiger partial charge in [-0.25, -0.2) is 0 Å². The number of benzene rings is 3. The van der Waals surface area contributed by atoms with E-state index in [1.807, 2.05) is 38.1 Å². The smallest absolute Gasteiger partial charge is 0.257 e. The van der Waals surface area contributed by atoms with Crippen molar-refractivity contribution in [3.05, 3.63) is 89.5 Å². The SMILES string of the molecule is CC(C)Oc1cccc(C(=O)NC(=S)Nc2ccc(NC(=O)c3ccc(C(C)(C)C)cc3)cc2)c1. The molecule has 7 heteroatoms. The molecule has 0 bridgehead atoms. The summed E-state index contributed by atoms with van der Waals surface area (Å²) in [7, 11) is 0. The standard InChI is InChI=1S/C28H31N3O3S/c1-18(2)34-24-8-6-7-20(17-24)26(33)31-27(35)30-23-15-13-22(14-16-23)29-25(32)19-9-11-21(12-10-19)28(3,4)5/h6-18H,1-5H3,(H,29,32)(H2,30,31,33,35). The molecule has 0 aliphatic carbocycles. The fourth-order valence-electron chi connectivity index (χ4n) is 3.28. The molecule has 0 aliphatic heterocycles. The maximum Gasteiger partial charge on any atom is 0.257 e. The molecule has 3 aromatic rings. The highest BCUT2D eigenvalue weighted by molar-refractivity contribution is 7.80. The molecule has 182 valence electrons. The number of hydrogen-bond donors (Lipinski definition) is 3. The van der Waals surface area contributed by atoms with Crippen LogP contribution in [0.4, 0.5) is 11.4 Å². The van der Waals surface area contributed by atoms with E-state index in [-0.39, 0.29) is 28.4 Å². The van der Waals surface area contributed by atoms with E-state index in [9.17, 15) is 9.59 Å². The van der Waals surface area contributed by atoms with Gasteiger partial charge in [-0.05, 0) is 91.6 Å². The fraction of sp³-hybridized carbons (Fsp3) is 0.250. The second-order valence-corrected chi connectivity index (χ2v) is 9.87. The zero-order chi connectivity index (χ0) is 25.6. The van der Waals surface area contributed by atoms with E-state index in [4.69, 9.17) is 17.0 Å². The quantitative estimate of drug-likeness (QED) is 0.362. The lowest BCUT2D eigenvalue weighted by molar-refractivity contribution is 0.0975. The van der Waals surface area contributed by atoms with Gasteiger partial charge in [-0.3, -0.25) is 14.9 Å². The number of rotatable bonds is 6. The molecule has 3 N–H and O–H groups in total. The number of carbonyl (C=O) groups is 2. The Kier molecular flexibility index (Phi) is 8.25. The van der Waals surface area contributed by atoms with Crippen LogP contribution in [-0.2, 0) is 5.41 Å². The molecule has 0 heterocycles. The molecule has 0 radical (unpaired) electrons. The maximum absolute atomic E-state index is 12.6. The van der Waals surface area contributed by atoms with Crippen molar-refractivity contribution < 1.29 is 14.3 Å². The topological polar surface area (TPSA) is 79.5 Å². The van der Waals surface area contributed by atoms with Crippen LogP contribution in [0.2, 0.25) is 0 Å². The molecular weight excluding hydrogens is 458 g/mol. The Morgan fingerprint density at radius 2 is 1.40 bits per heavy atom. The van der Waals surface area contributed by atoms with Gasteiger partial charge in [-0.15, -0.1) is 0 Å². The molecule has 0 saturated carbocycles. The van der Waals surface area contributed by atoms with Crippen molar-refractivity contribution in [3.8, 4) is 5.75 Å². The van der Waals surface area contributed by atoms with Gasteiger partial charge < -0.3 is 15.4 Å². The lowest BCUT2D eigenvalue weighted by Crippen LogP contribution is -2.34. The van der Waals surface area contributed by atoms with Gasteiger partial charge in [0.25, 0.3) is 11.8 Å². The van der Waals surface area contributed by atoms with Crippen molar-refractivity contribution in [3.63, 3.8) is 0 Å². The van der Waals surface area contributed by atoms with Crippen molar-refractivity contribution in [2.45, 2.75) is 46.1 Å². The van der Waals surface area contributed by atoms with E-state index in [1.54, 1.807) is 48.5 Å². The molecule has 3 aromatic carbocycles. The zero-order valence-electron chi connectivity index (χ0n) is 20.6. The Labute approximate surface area is 212 Å². The van der Waals surface area contributed by atoms with Gasteiger partial charge in [0, 0.05) is 22.5 Å². The van der Waals surface area contributed by atoms with Crippen molar-refractivity contribution in [1.29, 1.82) is 0 Å². The minimum absolute atomic E-state index is 0.0119. The first-order valence-electron chi connectivity index (χ1n) is 11.4. The van der Waals surface area contributed by atoms with Crippen LogP contribution < -0.4 is 20.7 Å². The minimum Gasteiger partial charge on any atom is -0.491 e. The van der Waals surface area contributed by atoms with Crippen molar-refractivity contribution in [2.75, 3.05) is 10.6 Å². The van der Waals surface area contributed by atoms with E-state index in [0.717, 1.165) is 0 Å². The molecule has 0 aromatic heterocycles. The number of amides is 2. The highest BCUT2D eigenvalue weighted by Crippen LogP contribution is 2.23. The number of thiocarbonyl (C=S) groups is 1. The first-order valence-corrected chi connectivity index (χ1v) is 11.8. The van der Waals surface area contributed by atoms with Crippen LogP contribution in [-0.4, -0.2) is 23.0 Å². The van der Waals surface area contributed by atoms with Gasteiger partial charge in [-0.1, -0.05) is 39.0 Å². The third-order valence-corrected chi connectivity index (χ3v) is 5.31.